The lowest BCUT2D eigenvalue weighted by molar-refractivity contribution is 0.102. The van der Waals surface area contributed by atoms with Crippen LogP contribution < -0.4 is 5.32 Å². The Kier molecular flexibility index (Phi) is 8.17. The van der Waals surface area contributed by atoms with Crippen LogP contribution in [0.2, 0.25) is 5.02 Å². The van der Waals surface area contributed by atoms with Crippen molar-refractivity contribution < 1.29 is 17.7 Å². The second kappa shape index (κ2) is 10.7. The first kappa shape index (κ1) is 25.9. The molecule has 7 nitrogen and oxygen atoms in total. The number of halogens is 1. The van der Waals surface area contributed by atoms with Crippen LogP contribution >= 0.6 is 11.6 Å². The van der Waals surface area contributed by atoms with Crippen LogP contribution in [0.15, 0.2) is 57.9 Å². The van der Waals surface area contributed by atoms with E-state index in [2.05, 4.69) is 10.5 Å². The van der Waals surface area contributed by atoms with E-state index in [1.54, 1.807) is 43.3 Å². The molecule has 0 aliphatic carbocycles. The monoisotopic (exact) mass is 503 g/mol. The molecule has 0 spiro atoms. The van der Waals surface area contributed by atoms with Gasteiger partial charge in [-0.05, 0) is 49.1 Å². The Morgan fingerprint density at radius 3 is 2.18 bits per heavy atom. The van der Waals surface area contributed by atoms with Crippen molar-refractivity contribution in [3.63, 3.8) is 0 Å². The van der Waals surface area contributed by atoms with E-state index in [1.165, 1.54) is 16.4 Å². The molecular formula is C25H30ClN3O4S. The van der Waals surface area contributed by atoms with E-state index in [-0.39, 0.29) is 22.3 Å². The van der Waals surface area contributed by atoms with E-state index < -0.39 is 15.9 Å². The molecule has 0 atom stereocenters. The Bertz CT molecular complexity index is 1240. The number of benzene rings is 2. The minimum atomic E-state index is -3.65. The number of sulfonamides is 1. The lowest BCUT2D eigenvalue weighted by Gasteiger charge is -2.25. The predicted octanol–water partition coefficient (Wildman–Crippen LogP) is 5.86. The van der Waals surface area contributed by atoms with E-state index >= 15 is 0 Å². The Balaban J connectivity index is 1.84. The predicted molar refractivity (Wildman–Crippen MR) is 135 cm³/mol. The number of hydrogen-bond donors (Lipinski definition) is 1. The number of rotatable bonds is 9. The topological polar surface area (TPSA) is 92.5 Å². The van der Waals surface area contributed by atoms with Gasteiger partial charge in [0, 0.05) is 24.3 Å². The van der Waals surface area contributed by atoms with E-state index in [0.29, 0.717) is 40.8 Å². The SMILES string of the molecule is Cc1onc(-c2ccccc2Cl)c1C(=O)Nc1ccc(S(=O)(=O)N(CC(C)C)CC(C)C)cc1. The van der Waals surface area contributed by atoms with Gasteiger partial charge in [0.05, 0.1) is 9.92 Å². The molecule has 0 saturated heterocycles. The molecule has 2 aromatic carbocycles. The number of carbonyl (C=O) groups excluding carboxylic acids is 1. The summed E-state index contributed by atoms with van der Waals surface area (Å²) in [6.07, 6.45) is 0. The van der Waals surface area contributed by atoms with Gasteiger partial charge in [-0.2, -0.15) is 4.31 Å². The van der Waals surface area contributed by atoms with Gasteiger partial charge < -0.3 is 9.84 Å². The average molecular weight is 504 g/mol. The normalized spacial score (nSPS) is 12.0. The fraction of sp³-hybridized carbons (Fsp3) is 0.360. The summed E-state index contributed by atoms with van der Waals surface area (Å²) in [7, 11) is -3.65. The quantitative estimate of drug-likeness (QED) is 0.395. The van der Waals surface area contributed by atoms with Crippen molar-refractivity contribution in [2.45, 2.75) is 39.5 Å². The third-order valence-corrected chi connectivity index (χ3v) is 7.28. The van der Waals surface area contributed by atoms with Crippen LogP contribution in [0.5, 0.6) is 0 Å². The zero-order valence-electron chi connectivity index (χ0n) is 20.0. The molecular weight excluding hydrogens is 474 g/mol. The molecule has 0 fully saturated rings. The highest BCUT2D eigenvalue weighted by Crippen LogP contribution is 2.31. The van der Waals surface area contributed by atoms with Gasteiger partial charge in [-0.25, -0.2) is 8.42 Å². The van der Waals surface area contributed by atoms with Crippen LogP contribution in [0, 0.1) is 18.8 Å². The molecule has 1 N–H and O–H groups in total. The largest absolute Gasteiger partial charge is 0.360 e. The molecule has 0 aliphatic rings. The maximum Gasteiger partial charge on any atom is 0.261 e. The second-order valence-corrected chi connectivity index (χ2v) is 11.4. The highest BCUT2D eigenvalue weighted by molar-refractivity contribution is 7.89. The summed E-state index contributed by atoms with van der Waals surface area (Å²) in [5.74, 6) is 0.326. The fourth-order valence-electron chi connectivity index (χ4n) is 3.61. The molecule has 0 radical (unpaired) electrons. The summed E-state index contributed by atoms with van der Waals surface area (Å²) < 4.78 is 33.2. The van der Waals surface area contributed by atoms with Gasteiger partial charge >= 0.3 is 0 Å². The molecule has 0 unspecified atom stereocenters. The van der Waals surface area contributed by atoms with Gasteiger partial charge in [0.25, 0.3) is 5.91 Å². The standard InChI is InChI=1S/C25H30ClN3O4S/c1-16(2)14-29(15-17(3)4)34(31,32)20-12-10-19(11-13-20)27-25(30)23-18(5)33-28-24(23)21-8-6-7-9-22(21)26/h6-13,16-17H,14-15H2,1-5H3,(H,27,30). The van der Waals surface area contributed by atoms with E-state index in [0.717, 1.165) is 0 Å². The molecule has 1 heterocycles. The van der Waals surface area contributed by atoms with Gasteiger partial charge in [0.1, 0.15) is 17.0 Å². The summed E-state index contributed by atoms with van der Waals surface area (Å²) in [6, 6.07) is 13.2. The van der Waals surface area contributed by atoms with Crippen molar-refractivity contribution in [1.82, 2.24) is 9.46 Å². The molecule has 182 valence electrons. The van der Waals surface area contributed by atoms with Gasteiger partial charge in [-0.15, -0.1) is 0 Å². The Hall–Kier alpha value is -2.68. The van der Waals surface area contributed by atoms with Gasteiger partial charge in [-0.3, -0.25) is 4.79 Å². The van der Waals surface area contributed by atoms with Gasteiger partial charge in [-0.1, -0.05) is 62.7 Å². The molecule has 1 amide bonds. The third-order valence-electron chi connectivity index (χ3n) is 5.11. The average Bonchev–Trinajstić information content (AvgIpc) is 3.14. The Labute approximate surface area is 206 Å². The van der Waals surface area contributed by atoms with Crippen LogP contribution in [-0.2, 0) is 10.0 Å². The van der Waals surface area contributed by atoms with Crippen LogP contribution in [0.25, 0.3) is 11.3 Å². The number of aryl methyl sites for hydroxylation is 1. The number of anilines is 1. The summed E-state index contributed by atoms with van der Waals surface area (Å²) in [4.78, 5) is 13.2. The first-order valence-corrected chi connectivity index (χ1v) is 12.9. The number of hydrogen-bond acceptors (Lipinski definition) is 5. The number of nitrogens with zero attached hydrogens (tertiary/aromatic N) is 2. The number of amides is 1. The Morgan fingerprint density at radius 2 is 1.62 bits per heavy atom. The van der Waals surface area contributed by atoms with E-state index in [4.69, 9.17) is 16.1 Å². The number of carbonyl (C=O) groups is 1. The Morgan fingerprint density at radius 1 is 1.03 bits per heavy atom. The first-order chi connectivity index (χ1) is 16.0. The smallest absolute Gasteiger partial charge is 0.261 e. The zero-order valence-corrected chi connectivity index (χ0v) is 21.6. The summed E-state index contributed by atoms with van der Waals surface area (Å²) in [5, 5.41) is 7.26. The van der Waals surface area contributed by atoms with Gasteiger partial charge in [0.2, 0.25) is 10.0 Å². The summed E-state index contributed by atoms with van der Waals surface area (Å²) in [5.41, 5.74) is 1.65. The maximum absolute atomic E-state index is 13.2. The van der Waals surface area contributed by atoms with Crippen molar-refractivity contribution in [2.75, 3.05) is 18.4 Å². The molecule has 3 rings (SSSR count). The van der Waals surface area contributed by atoms with Crippen molar-refractivity contribution in [1.29, 1.82) is 0 Å². The second-order valence-electron chi connectivity index (χ2n) is 9.03. The van der Waals surface area contributed by atoms with Gasteiger partial charge in [0.15, 0.2) is 0 Å². The van der Waals surface area contributed by atoms with E-state index in [9.17, 15) is 13.2 Å². The fourth-order valence-corrected chi connectivity index (χ4v) is 5.61. The molecule has 0 aliphatic heterocycles. The highest BCUT2D eigenvalue weighted by atomic mass is 35.5. The van der Waals surface area contributed by atoms with Crippen LogP contribution in [0.1, 0.15) is 43.8 Å². The molecule has 1 aromatic heterocycles. The van der Waals surface area contributed by atoms with Crippen molar-refractivity contribution in [2.24, 2.45) is 11.8 Å². The van der Waals surface area contributed by atoms with Crippen molar-refractivity contribution >= 4 is 33.2 Å². The lowest BCUT2D eigenvalue weighted by Crippen LogP contribution is -2.37. The van der Waals surface area contributed by atoms with Crippen LogP contribution in [-0.4, -0.2) is 36.9 Å². The van der Waals surface area contributed by atoms with Crippen LogP contribution in [0.3, 0.4) is 0 Å². The minimum Gasteiger partial charge on any atom is -0.360 e. The molecule has 0 saturated carbocycles. The first-order valence-electron chi connectivity index (χ1n) is 11.1. The minimum absolute atomic E-state index is 0.185. The third kappa shape index (κ3) is 5.87. The van der Waals surface area contributed by atoms with Crippen LogP contribution in [0.4, 0.5) is 5.69 Å². The maximum atomic E-state index is 13.2. The number of aromatic nitrogens is 1. The van der Waals surface area contributed by atoms with E-state index in [1.807, 2.05) is 27.7 Å². The lowest BCUT2D eigenvalue weighted by atomic mass is 10.1. The summed E-state index contributed by atoms with van der Waals surface area (Å²) in [6.45, 7) is 10.5. The van der Waals surface area contributed by atoms with Crippen molar-refractivity contribution in [3.8, 4) is 11.3 Å². The highest BCUT2D eigenvalue weighted by Gasteiger charge is 2.26. The molecule has 9 heteroatoms. The summed E-state index contributed by atoms with van der Waals surface area (Å²) >= 11 is 6.28. The zero-order chi connectivity index (χ0) is 25.0. The molecule has 3 aromatic rings. The number of nitrogens with one attached hydrogen (secondary N) is 1. The molecule has 0 bridgehead atoms. The van der Waals surface area contributed by atoms with Crippen molar-refractivity contribution in [3.05, 3.63) is 64.9 Å². The molecule has 34 heavy (non-hydrogen) atoms.